The Kier molecular flexibility index (Phi) is 7.09. The quantitative estimate of drug-likeness (QED) is 0.692. The van der Waals surface area contributed by atoms with Crippen LogP contribution in [0.25, 0.3) is 0 Å². The van der Waals surface area contributed by atoms with E-state index in [1.54, 1.807) is 0 Å². The number of nitrogens with zero attached hydrogens (tertiary/aromatic N) is 1. The summed E-state index contributed by atoms with van der Waals surface area (Å²) in [7, 11) is 3.89. The van der Waals surface area contributed by atoms with Gasteiger partial charge < -0.3 is 15.0 Å². The van der Waals surface area contributed by atoms with Gasteiger partial charge >= 0.3 is 0 Å². The smallest absolute Gasteiger partial charge is 0.0724 e. The first-order chi connectivity index (χ1) is 8.17. The molecule has 102 valence electrons. The van der Waals surface area contributed by atoms with E-state index in [0.29, 0.717) is 12.1 Å². The molecule has 3 heteroatoms. The van der Waals surface area contributed by atoms with Crippen LogP contribution in [0.3, 0.4) is 0 Å². The molecule has 3 atom stereocenters. The van der Waals surface area contributed by atoms with E-state index in [2.05, 4.69) is 24.1 Å². The number of methoxy groups -OCH3 is 1. The summed E-state index contributed by atoms with van der Waals surface area (Å²) in [6.45, 7) is 8.18. The van der Waals surface area contributed by atoms with Gasteiger partial charge in [-0.2, -0.15) is 0 Å². The second-order valence-electron chi connectivity index (χ2n) is 5.53. The fourth-order valence-corrected chi connectivity index (χ4v) is 2.54. The number of hydrogen-bond acceptors (Lipinski definition) is 3. The Hall–Kier alpha value is -0.120. The third-order valence-corrected chi connectivity index (χ3v) is 4.13. The summed E-state index contributed by atoms with van der Waals surface area (Å²) in [5.41, 5.74) is 0. The molecular weight excluding hydrogens is 212 g/mol. The van der Waals surface area contributed by atoms with Crippen molar-refractivity contribution in [2.24, 2.45) is 5.92 Å². The number of rotatable bonds is 7. The summed E-state index contributed by atoms with van der Waals surface area (Å²) in [6, 6.07) is 0.656. The van der Waals surface area contributed by atoms with Gasteiger partial charge in [0.1, 0.15) is 0 Å². The number of nitrogens with one attached hydrogen (secondary N) is 1. The second-order valence-corrected chi connectivity index (χ2v) is 5.53. The van der Waals surface area contributed by atoms with Crippen molar-refractivity contribution in [3.8, 4) is 0 Å². The lowest BCUT2D eigenvalue weighted by atomic mass is 9.95. The van der Waals surface area contributed by atoms with Gasteiger partial charge in [0.15, 0.2) is 0 Å². The molecule has 3 nitrogen and oxygen atoms in total. The molecule has 0 aromatic carbocycles. The number of hydrogen-bond donors (Lipinski definition) is 1. The molecule has 17 heavy (non-hydrogen) atoms. The second kappa shape index (κ2) is 8.06. The average molecular weight is 242 g/mol. The number of piperidine rings is 1. The lowest BCUT2D eigenvalue weighted by Crippen LogP contribution is -2.44. The van der Waals surface area contributed by atoms with Crippen LogP contribution in [0.1, 0.15) is 39.5 Å². The van der Waals surface area contributed by atoms with E-state index in [4.69, 9.17) is 4.74 Å². The zero-order chi connectivity index (χ0) is 12.7. The molecule has 0 spiro atoms. The SMILES string of the molecule is CNC(C)CCCCN1CCC(C)C(OC)C1. The maximum atomic E-state index is 5.54. The Morgan fingerprint density at radius 3 is 2.82 bits per heavy atom. The summed E-state index contributed by atoms with van der Waals surface area (Å²) in [4.78, 5) is 2.57. The molecule has 0 amide bonds. The predicted molar refractivity (Wildman–Crippen MR) is 73.4 cm³/mol. The van der Waals surface area contributed by atoms with Gasteiger partial charge in [-0.15, -0.1) is 0 Å². The van der Waals surface area contributed by atoms with Crippen LogP contribution in [0.2, 0.25) is 0 Å². The average Bonchev–Trinajstić information content (AvgIpc) is 2.36. The van der Waals surface area contributed by atoms with E-state index in [9.17, 15) is 0 Å². The van der Waals surface area contributed by atoms with Crippen molar-refractivity contribution in [1.29, 1.82) is 0 Å². The van der Waals surface area contributed by atoms with Crippen LogP contribution >= 0.6 is 0 Å². The first-order valence-corrected chi connectivity index (χ1v) is 7.09. The third-order valence-electron chi connectivity index (χ3n) is 4.13. The van der Waals surface area contributed by atoms with E-state index in [0.717, 1.165) is 12.5 Å². The summed E-state index contributed by atoms with van der Waals surface area (Å²) in [6.07, 6.45) is 5.66. The van der Waals surface area contributed by atoms with Crippen LogP contribution in [0.15, 0.2) is 0 Å². The van der Waals surface area contributed by atoms with Crippen molar-refractivity contribution in [2.45, 2.75) is 51.7 Å². The van der Waals surface area contributed by atoms with Crippen LogP contribution in [-0.2, 0) is 4.74 Å². The van der Waals surface area contributed by atoms with Crippen LogP contribution in [0, 0.1) is 5.92 Å². The highest BCUT2D eigenvalue weighted by atomic mass is 16.5. The maximum Gasteiger partial charge on any atom is 0.0724 e. The first-order valence-electron chi connectivity index (χ1n) is 7.09. The zero-order valence-corrected chi connectivity index (χ0v) is 12.0. The molecule has 1 aliphatic heterocycles. The van der Waals surface area contributed by atoms with Crippen molar-refractivity contribution in [1.82, 2.24) is 10.2 Å². The Labute approximate surface area is 107 Å². The van der Waals surface area contributed by atoms with Crippen molar-refractivity contribution in [3.05, 3.63) is 0 Å². The van der Waals surface area contributed by atoms with Crippen molar-refractivity contribution < 1.29 is 4.74 Å². The normalized spacial score (nSPS) is 28.2. The third kappa shape index (κ3) is 5.36. The number of unbranched alkanes of at least 4 members (excludes halogenated alkanes) is 1. The van der Waals surface area contributed by atoms with Gasteiger partial charge in [0.25, 0.3) is 0 Å². The highest BCUT2D eigenvalue weighted by Crippen LogP contribution is 2.19. The van der Waals surface area contributed by atoms with Gasteiger partial charge in [-0.05, 0) is 52.2 Å². The van der Waals surface area contributed by atoms with E-state index >= 15 is 0 Å². The zero-order valence-electron chi connectivity index (χ0n) is 12.0. The minimum atomic E-state index is 0.444. The summed E-state index contributed by atoms with van der Waals surface area (Å²) in [5, 5.41) is 3.29. The lowest BCUT2D eigenvalue weighted by Gasteiger charge is -2.36. The van der Waals surface area contributed by atoms with E-state index in [-0.39, 0.29) is 0 Å². The van der Waals surface area contributed by atoms with E-state index in [1.807, 2.05) is 14.2 Å². The molecule has 1 aliphatic rings. The van der Waals surface area contributed by atoms with Crippen molar-refractivity contribution in [3.63, 3.8) is 0 Å². The van der Waals surface area contributed by atoms with E-state index < -0.39 is 0 Å². The fraction of sp³-hybridized carbons (Fsp3) is 1.00. The fourth-order valence-electron chi connectivity index (χ4n) is 2.54. The lowest BCUT2D eigenvalue weighted by molar-refractivity contribution is -0.00528. The summed E-state index contributed by atoms with van der Waals surface area (Å²) >= 11 is 0. The molecule has 0 aromatic heterocycles. The molecule has 0 radical (unpaired) electrons. The number of ether oxygens (including phenoxy) is 1. The Morgan fingerprint density at radius 2 is 2.18 bits per heavy atom. The Bertz CT molecular complexity index is 199. The molecular formula is C14H30N2O. The molecule has 1 fully saturated rings. The van der Waals surface area contributed by atoms with Gasteiger partial charge in [0, 0.05) is 19.7 Å². The van der Waals surface area contributed by atoms with Gasteiger partial charge in [0.05, 0.1) is 6.10 Å². The summed E-state index contributed by atoms with van der Waals surface area (Å²) < 4.78 is 5.54. The largest absolute Gasteiger partial charge is 0.380 e. The van der Waals surface area contributed by atoms with Crippen LogP contribution in [0.4, 0.5) is 0 Å². The molecule has 0 aliphatic carbocycles. The van der Waals surface area contributed by atoms with Crippen LogP contribution in [-0.4, -0.2) is 50.8 Å². The minimum absolute atomic E-state index is 0.444. The molecule has 0 bridgehead atoms. The molecule has 3 unspecified atom stereocenters. The van der Waals surface area contributed by atoms with Gasteiger partial charge in [-0.25, -0.2) is 0 Å². The number of likely N-dealkylation sites (tertiary alicyclic amines) is 1. The summed E-state index contributed by atoms with van der Waals surface area (Å²) in [5.74, 6) is 0.723. The van der Waals surface area contributed by atoms with Crippen molar-refractivity contribution >= 4 is 0 Å². The van der Waals surface area contributed by atoms with Gasteiger partial charge in [-0.1, -0.05) is 13.3 Å². The molecule has 1 heterocycles. The molecule has 1 saturated heterocycles. The predicted octanol–water partition coefficient (Wildman–Crippen LogP) is 2.12. The van der Waals surface area contributed by atoms with Gasteiger partial charge in [-0.3, -0.25) is 0 Å². The highest BCUT2D eigenvalue weighted by molar-refractivity contribution is 4.78. The van der Waals surface area contributed by atoms with Crippen molar-refractivity contribution in [2.75, 3.05) is 33.8 Å². The standard InChI is InChI=1S/C14H30N2O/c1-12-8-10-16(11-14(12)17-4)9-6-5-7-13(2)15-3/h12-15H,5-11H2,1-4H3. The molecule has 0 saturated carbocycles. The molecule has 0 aromatic rings. The highest BCUT2D eigenvalue weighted by Gasteiger charge is 2.25. The first kappa shape index (κ1) is 14.9. The Balaban J connectivity index is 2.11. The van der Waals surface area contributed by atoms with Crippen LogP contribution in [0.5, 0.6) is 0 Å². The minimum Gasteiger partial charge on any atom is -0.380 e. The van der Waals surface area contributed by atoms with E-state index in [1.165, 1.54) is 38.8 Å². The molecule has 1 N–H and O–H groups in total. The maximum absolute atomic E-state index is 5.54. The molecule has 1 rings (SSSR count). The monoisotopic (exact) mass is 242 g/mol. The Morgan fingerprint density at radius 1 is 1.41 bits per heavy atom. The van der Waals surface area contributed by atoms with Crippen LogP contribution < -0.4 is 5.32 Å². The van der Waals surface area contributed by atoms with Gasteiger partial charge in [0.2, 0.25) is 0 Å². The topological polar surface area (TPSA) is 24.5 Å².